The molecule has 10 aromatic carbocycles. The summed E-state index contributed by atoms with van der Waals surface area (Å²) in [7, 11) is 0. The molecule has 0 atom stereocenters. The third-order valence-corrected chi connectivity index (χ3v) is 15.3. The van der Waals surface area contributed by atoms with Gasteiger partial charge in [-0.15, -0.1) is 22.7 Å². The van der Waals surface area contributed by atoms with Gasteiger partial charge >= 0.3 is 0 Å². The van der Waals surface area contributed by atoms with E-state index in [0.29, 0.717) is 0 Å². The summed E-state index contributed by atoms with van der Waals surface area (Å²) in [4.78, 5) is 9.70. The minimum Gasteiger partial charge on any atom is -0.310 e. The summed E-state index contributed by atoms with van der Waals surface area (Å²) < 4.78 is 5.04. The minimum absolute atomic E-state index is 1.06. The van der Waals surface area contributed by atoms with E-state index < -0.39 is 0 Å². The molecule has 0 fully saturated rings. The molecule has 0 radical (unpaired) electrons. The van der Waals surface area contributed by atoms with Crippen molar-refractivity contribution in [3.05, 3.63) is 249 Å². The zero-order valence-corrected chi connectivity index (χ0v) is 38.2. The Kier molecular flexibility index (Phi) is 10.5. The zero-order valence-electron chi connectivity index (χ0n) is 35.7. The maximum atomic E-state index is 2.46. The highest BCUT2D eigenvalue weighted by atomic mass is 32.2. The van der Waals surface area contributed by atoms with Crippen LogP contribution >= 0.6 is 34.4 Å². The number of fused-ring (bicyclic) bond motifs is 6. The van der Waals surface area contributed by atoms with E-state index in [1.165, 1.54) is 50.1 Å². The smallest absolute Gasteiger partial charge is 0.0575 e. The van der Waals surface area contributed by atoms with Gasteiger partial charge in [-0.05, 0) is 115 Å². The zero-order chi connectivity index (χ0) is 43.8. The van der Waals surface area contributed by atoms with Crippen LogP contribution in [0.25, 0.3) is 40.3 Å². The summed E-state index contributed by atoms with van der Waals surface area (Å²) in [6.07, 6.45) is 0. The third-order valence-electron chi connectivity index (χ3n) is 12.0. The first-order chi connectivity index (χ1) is 32.7. The third kappa shape index (κ3) is 7.45. The Bertz CT molecular complexity index is 3590. The molecule has 0 N–H and O–H groups in total. The van der Waals surface area contributed by atoms with Gasteiger partial charge in [0.1, 0.15) is 0 Å². The number of nitrogens with zero attached hydrogens (tertiary/aromatic N) is 3. The van der Waals surface area contributed by atoms with Gasteiger partial charge in [0.15, 0.2) is 0 Å². The molecule has 0 saturated heterocycles. The Hall–Kier alpha value is -7.61. The van der Waals surface area contributed by atoms with Crippen molar-refractivity contribution >= 4 is 126 Å². The predicted molar refractivity (Wildman–Crippen MR) is 287 cm³/mol. The summed E-state index contributed by atoms with van der Waals surface area (Å²) in [5, 5.41) is 5.07. The molecule has 2 aromatic heterocycles. The largest absolute Gasteiger partial charge is 0.310 e. The second kappa shape index (κ2) is 17.4. The molecule has 0 aliphatic rings. The van der Waals surface area contributed by atoms with Crippen LogP contribution in [0.4, 0.5) is 51.2 Å². The highest BCUT2D eigenvalue weighted by molar-refractivity contribution is 7.99. The molecule has 0 aliphatic carbocycles. The maximum Gasteiger partial charge on any atom is 0.0575 e. The van der Waals surface area contributed by atoms with Gasteiger partial charge < -0.3 is 14.7 Å². The molecule has 6 heteroatoms. The molecular weight excluding hydrogens is 859 g/mol. The van der Waals surface area contributed by atoms with Gasteiger partial charge in [-0.1, -0.05) is 145 Å². The fraction of sp³-hybridized carbons (Fsp3) is 0. The van der Waals surface area contributed by atoms with E-state index in [9.17, 15) is 0 Å². The van der Waals surface area contributed by atoms with Crippen molar-refractivity contribution in [2.24, 2.45) is 0 Å². The summed E-state index contributed by atoms with van der Waals surface area (Å²) in [6, 6.07) is 90.0. The number of hydrogen-bond acceptors (Lipinski definition) is 6. The molecule has 314 valence electrons. The average Bonchev–Trinajstić information content (AvgIpc) is 3.95. The number of rotatable bonds is 11. The van der Waals surface area contributed by atoms with Crippen molar-refractivity contribution in [1.29, 1.82) is 0 Å². The standard InChI is InChI=1S/C60H41N3S3/c1-6-21-42(22-7-1)61(43-23-8-2-9-24-43)48-38-53(59-51-33-16-18-35-54(51)65-56(59)39-48)63(45-27-12-4-13-28-45)47-30-20-29-46(37-47)62(44-25-10-3-11-26-44)49-40-57(64-50-31-14-5-15-32-50)60-52-34-17-19-36-55(52)66-58(60)41-49/h1-41H. The van der Waals surface area contributed by atoms with Crippen LogP contribution in [0, 0.1) is 0 Å². The van der Waals surface area contributed by atoms with Crippen molar-refractivity contribution in [3.63, 3.8) is 0 Å². The number of benzene rings is 10. The fourth-order valence-corrected chi connectivity index (χ4v) is 12.6. The molecule has 12 rings (SSSR count). The fourth-order valence-electron chi connectivity index (χ4n) is 9.15. The lowest BCUT2D eigenvalue weighted by Gasteiger charge is -2.31. The van der Waals surface area contributed by atoms with Crippen LogP contribution in [0.15, 0.2) is 259 Å². The molecule has 0 amide bonds. The van der Waals surface area contributed by atoms with Gasteiger partial charge in [-0.2, -0.15) is 0 Å². The number of anilines is 9. The van der Waals surface area contributed by atoms with Crippen LogP contribution in [-0.4, -0.2) is 0 Å². The second-order valence-corrected chi connectivity index (χ2v) is 19.4. The molecule has 0 aliphatic heterocycles. The first-order valence-corrected chi connectivity index (χ1v) is 24.5. The van der Waals surface area contributed by atoms with Crippen molar-refractivity contribution in [1.82, 2.24) is 0 Å². The van der Waals surface area contributed by atoms with E-state index in [-0.39, 0.29) is 0 Å². The average molecular weight is 900 g/mol. The SMILES string of the molecule is c1ccc(Sc2cc(N(c3ccccc3)c3cccc(N(c4ccccc4)c4cc(N(c5ccccc5)c5ccccc5)cc5sc6ccccc6c45)c3)cc3sc4ccccc4c23)cc1. The summed E-state index contributed by atoms with van der Waals surface area (Å²) in [5.41, 5.74) is 9.79. The van der Waals surface area contributed by atoms with Gasteiger partial charge in [0.2, 0.25) is 0 Å². The Morgan fingerprint density at radius 3 is 1.21 bits per heavy atom. The van der Waals surface area contributed by atoms with Gasteiger partial charge in [0, 0.05) is 95.6 Å². The highest BCUT2D eigenvalue weighted by Gasteiger charge is 2.25. The van der Waals surface area contributed by atoms with E-state index in [4.69, 9.17) is 0 Å². The molecule has 12 aromatic rings. The molecular formula is C60H41N3S3. The van der Waals surface area contributed by atoms with Gasteiger partial charge in [0.25, 0.3) is 0 Å². The molecule has 0 bridgehead atoms. The van der Waals surface area contributed by atoms with Crippen LogP contribution in [0.2, 0.25) is 0 Å². The monoisotopic (exact) mass is 899 g/mol. The van der Waals surface area contributed by atoms with E-state index in [1.807, 2.05) is 34.4 Å². The maximum absolute atomic E-state index is 2.46. The number of hydrogen-bond donors (Lipinski definition) is 0. The van der Waals surface area contributed by atoms with Crippen molar-refractivity contribution in [3.8, 4) is 0 Å². The molecule has 3 nitrogen and oxygen atoms in total. The van der Waals surface area contributed by atoms with E-state index in [0.717, 1.165) is 51.2 Å². The van der Waals surface area contributed by atoms with E-state index in [1.54, 1.807) is 0 Å². The van der Waals surface area contributed by atoms with Gasteiger partial charge in [-0.3, -0.25) is 0 Å². The van der Waals surface area contributed by atoms with Crippen LogP contribution in [0.3, 0.4) is 0 Å². The first-order valence-electron chi connectivity index (χ1n) is 22.1. The highest BCUT2D eigenvalue weighted by Crippen LogP contribution is 2.51. The van der Waals surface area contributed by atoms with Gasteiger partial charge in [-0.25, -0.2) is 0 Å². The first kappa shape index (κ1) is 39.9. The summed E-state index contributed by atoms with van der Waals surface area (Å²) in [5.74, 6) is 0. The minimum atomic E-state index is 1.06. The quantitative estimate of drug-likeness (QED) is 0.128. The lowest BCUT2D eigenvalue weighted by molar-refractivity contribution is 1.24. The van der Waals surface area contributed by atoms with Crippen LogP contribution in [-0.2, 0) is 0 Å². The van der Waals surface area contributed by atoms with Crippen LogP contribution in [0.5, 0.6) is 0 Å². The lowest BCUT2D eigenvalue weighted by Crippen LogP contribution is -2.15. The van der Waals surface area contributed by atoms with Crippen molar-refractivity contribution in [2.45, 2.75) is 9.79 Å². The van der Waals surface area contributed by atoms with E-state index >= 15 is 0 Å². The number of thiophene rings is 2. The van der Waals surface area contributed by atoms with Crippen LogP contribution in [0.1, 0.15) is 0 Å². The van der Waals surface area contributed by atoms with Crippen molar-refractivity contribution in [2.75, 3.05) is 14.7 Å². The topological polar surface area (TPSA) is 9.72 Å². The molecule has 0 saturated carbocycles. The second-order valence-electron chi connectivity index (χ2n) is 16.1. The normalized spacial score (nSPS) is 11.4. The predicted octanol–water partition coefficient (Wildman–Crippen LogP) is 19.0. The Morgan fingerprint density at radius 2 is 0.667 bits per heavy atom. The van der Waals surface area contributed by atoms with E-state index in [2.05, 4.69) is 263 Å². The van der Waals surface area contributed by atoms with Crippen molar-refractivity contribution < 1.29 is 0 Å². The molecule has 0 spiro atoms. The Morgan fingerprint density at radius 1 is 0.273 bits per heavy atom. The Labute approximate surface area is 396 Å². The molecule has 66 heavy (non-hydrogen) atoms. The lowest BCUT2D eigenvalue weighted by atomic mass is 10.1. The summed E-state index contributed by atoms with van der Waals surface area (Å²) in [6.45, 7) is 0. The summed E-state index contributed by atoms with van der Waals surface area (Å²) >= 11 is 5.55. The van der Waals surface area contributed by atoms with Crippen LogP contribution < -0.4 is 14.7 Å². The Balaban J connectivity index is 1.09. The number of para-hydroxylation sites is 4. The van der Waals surface area contributed by atoms with Gasteiger partial charge in [0.05, 0.1) is 5.69 Å². The molecule has 0 unspecified atom stereocenters. The molecule has 2 heterocycles.